The van der Waals surface area contributed by atoms with Crippen LogP contribution in [0.15, 0.2) is 103 Å². The standard InChI is InChI=1S/C59H75N5O11/c1-39(2)30-48(54(67)59(7)38-74-59)61-57(70)50(32-43-16-12-9-13-17-43)63-56(69)49(31-40(3)4)62-55(68)47(24-22-42-14-10-8-11-15-42)60-53(66)35-64(26-28-72-29-27-64)34-46-23-25-51(75-58(71)41(5)6)52(33-46)73-37-45-20-18-44(36-65)19-21-45/h8-21,23,25,33,36,39-41,47-50H,22,24,26-32,34-35,37-38H2,1-7H3,(H3-,60,61,62,63,66,68,69,70)/p+1/t47?,48?,49?,50?,59-/m1/s1. The van der Waals surface area contributed by atoms with Gasteiger partial charge < -0.3 is 44.7 Å². The van der Waals surface area contributed by atoms with Gasteiger partial charge in [0, 0.05) is 17.5 Å². The van der Waals surface area contributed by atoms with Crippen LogP contribution in [0.2, 0.25) is 0 Å². The molecule has 2 aliphatic rings. The number of rotatable bonds is 28. The molecule has 0 radical (unpaired) electrons. The number of nitrogens with one attached hydrogen (secondary N) is 4. The highest BCUT2D eigenvalue weighted by Gasteiger charge is 2.50. The van der Waals surface area contributed by atoms with Crippen LogP contribution in [0.4, 0.5) is 0 Å². The summed E-state index contributed by atoms with van der Waals surface area (Å²) in [7, 11) is 0. The predicted molar refractivity (Wildman–Crippen MR) is 283 cm³/mol. The molecule has 2 heterocycles. The number of aryl methyl sites for hydroxylation is 1. The van der Waals surface area contributed by atoms with E-state index in [0.717, 1.165) is 28.5 Å². The van der Waals surface area contributed by atoms with E-state index in [2.05, 4.69) is 21.3 Å². The number of ketones is 1. The number of Topliss-reactive ketones (excluding diaryl/α,β-unsaturated/α-hetero) is 1. The van der Waals surface area contributed by atoms with Crippen LogP contribution >= 0.6 is 0 Å². The maximum Gasteiger partial charge on any atom is 0.313 e. The molecule has 2 aliphatic heterocycles. The zero-order chi connectivity index (χ0) is 54.1. The van der Waals surface area contributed by atoms with Crippen LogP contribution in [0.25, 0.3) is 0 Å². The van der Waals surface area contributed by atoms with E-state index in [0.29, 0.717) is 57.0 Å². The van der Waals surface area contributed by atoms with Gasteiger partial charge in [-0.15, -0.1) is 0 Å². The minimum absolute atomic E-state index is 0.000393. The van der Waals surface area contributed by atoms with Crippen molar-refractivity contribution in [1.29, 1.82) is 0 Å². The molecule has 4 N–H and O–H groups in total. The number of carbonyl (C=O) groups is 7. The fraction of sp³-hybridized carbons (Fsp3) is 0.475. The molecule has 0 bridgehead atoms. The second-order valence-corrected chi connectivity index (χ2v) is 21.4. The van der Waals surface area contributed by atoms with Crippen molar-refractivity contribution < 1.29 is 57.0 Å². The third kappa shape index (κ3) is 17.7. The number of hydrogen-bond donors (Lipinski definition) is 4. The summed E-state index contributed by atoms with van der Waals surface area (Å²) < 4.78 is 23.6. The molecule has 2 saturated heterocycles. The van der Waals surface area contributed by atoms with Crippen molar-refractivity contribution in [2.45, 2.75) is 123 Å². The number of morpholine rings is 1. The Balaban J connectivity index is 1.22. The Morgan fingerprint density at radius 3 is 1.81 bits per heavy atom. The number of quaternary nitrogens is 1. The smallest absolute Gasteiger partial charge is 0.313 e. The van der Waals surface area contributed by atoms with Gasteiger partial charge in [-0.25, -0.2) is 0 Å². The molecule has 4 aromatic rings. The number of epoxide rings is 1. The average Bonchev–Trinajstić information content (AvgIpc) is 4.15. The first kappa shape index (κ1) is 57.5. The van der Waals surface area contributed by atoms with Gasteiger partial charge >= 0.3 is 5.97 Å². The van der Waals surface area contributed by atoms with E-state index >= 15 is 0 Å². The molecular weight excluding hydrogens is 955 g/mol. The highest BCUT2D eigenvalue weighted by molar-refractivity contribution is 5.99. The van der Waals surface area contributed by atoms with E-state index in [1.54, 1.807) is 51.1 Å². The van der Waals surface area contributed by atoms with Gasteiger partial charge in [0.05, 0.1) is 31.8 Å². The van der Waals surface area contributed by atoms with E-state index in [1.807, 2.05) is 100 Å². The number of aldehydes is 1. The van der Waals surface area contributed by atoms with Crippen LogP contribution in [-0.2, 0) is 64.2 Å². The van der Waals surface area contributed by atoms with Gasteiger partial charge in [-0.2, -0.15) is 0 Å². The van der Waals surface area contributed by atoms with Gasteiger partial charge in [0.2, 0.25) is 17.7 Å². The van der Waals surface area contributed by atoms with Crippen LogP contribution in [0, 0.1) is 17.8 Å². The third-order valence-electron chi connectivity index (χ3n) is 13.5. The van der Waals surface area contributed by atoms with Crippen molar-refractivity contribution in [3.8, 4) is 11.5 Å². The molecule has 0 saturated carbocycles. The number of carbonyl (C=O) groups excluding carboxylic acids is 7. The first-order chi connectivity index (χ1) is 35.8. The Kier molecular flexibility index (Phi) is 20.8. The molecule has 2 fully saturated rings. The van der Waals surface area contributed by atoms with Gasteiger partial charge in [0.25, 0.3) is 5.91 Å². The Morgan fingerprint density at radius 1 is 0.653 bits per heavy atom. The number of nitrogens with zero attached hydrogens (tertiary/aromatic N) is 1. The second-order valence-electron chi connectivity index (χ2n) is 21.4. The molecule has 402 valence electrons. The maximum atomic E-state index is 14.7. The Morgan fingerprint density at radius 2 is 1.21 bits per heavy atom. The van der Waals surface area contributed by atoms with Crippen LogP contribution in [0.1, 0.15) is 100 Å². The normalized spacial score (nSPS) is 17.5. The maximum absolute atomic E-state index is 14.7. The highest BCUT2D eigenvalue weighted by Crippen LogP contribution is 2.33. The van der Waals surface area contributed by atoms with Crippen LogP contribution in [-0.4, -0.2) is 115 Å². The van der Waals surface area contributed by atoms with Crippen molar-refractivity contribution in [3.63, 3.8) is 0 Å². The van der Waals surface area contributed by atoms with Crippen LogP contribution in [0.3, 0.4) is 0 Å². The molecule has 0 spiro atoms. The van der Waals surface area contributed by atoms with Gasteiger partial charge in [-0.1, -0.05) is 126 Å². The summed E-state index contributed by atoms with van der Waals surface area (Å²) in [5, 5.41) is 11.9. The molecule has 6 rings (SSSR count). The molecule has 4 amide bonds. The molecule has 0 aliphatic carbocycles. The first-order valence-corrected chi connectivity index (χ1v) is 26.2. The van der Waals surface area contributed by atoms with Gasteiger partial charge in [-0.3, -0.25) is 33.6 Å². The summed E-state index contributed by atoms with van der Waals surface area (Å²) in [6.45, 7) is 15.5. The number of hydrogen-bond acceptors (Lipinski definition) is 11. The lowest BCUT2D eigenvalue weighted by Crippen LogP contribution is -2.61. The monoisotopic (exact) mass is 1030 g/mol. The van der Waals surface area contributed by atoms with E-state index in [-0.39, 0.29) is 78.7 Å². The third-order valence-corrected chi connectivity index (χ3v) is 13.5. The molecule has 4 aromatic carbocycles. The van der Waals surface area contributed by atoms with Crippen molar-refractivity contribution >= 4 is 41.7 Å². The fourth-order valence-corrected chi connectivity index (χ4v) is 9.09. The van der Waals surface area contributed by atoms with Gasteiger partial charge in [-0.05, 0) is 79.3 Å². The highest BCUT2D eigenvalue weighted by atomic mass is 16.6. The second kappa shape index (κ2) is 27.2. The lowest BCUT2D eigenvalue weighted by atomic mass is 9.93. The predicted octanol–water partition coefficient (Wildman–Crippen LogP) is 6.25. The summed E-state index contributed by atoms with van der Waals surface area (Å²) in [4.78, 5) is 95.5. The fourth-order valence-electron chi connectivity index (χ4n) is 9.09. The molecule has 75 heavy (non-hydrogen) atoms. The molecular formula is C59H76N5O11+. The topological polar surface area (TPSA) is 208 Å². The summed E-state index contributed by atoms with van der Waals surface area (Å²) in [6.07, 6.45) is 2.18. The van der Waals surface area contributed by atoms with Crippen molar-refractivity contribution in [3.05, 3.63) is 131 Å². The molecule has 16 heteroatoms. The largest absolute Gasteiger partial charge is 0.485 e. The SMILES string of the molecule is CC(C)CC(NC(=O)C(CCc1ccccc1)NC(=O)C[N+]1(Cc2ccc(OC(=O)C(C)C)c(OCc3ccc(C=O)cc3)c2)CCOCC1)C(=O)NC(Cc1ccccc1)C(=O)NC(CC(C)C)C(=O)[C@@]1(C)CO1. The van der Waals surface area contributed by atoms with Crippen LogP contribution < -0.4 is 30.7 Å². The van der Waals surface area contributed by atoms with Crippen molar-refractivity contribution in [1.82, 2.24) is 21.3 Å². The summed E-state index contributed by atoms with van der Waals surface area (Å²) in [5.74, 6) is -2.46. The van der Waals surface area contributed by atoms with E-state index in [1.165, 1.54) is 0 Å². The molecule has 5 atom stereocenters. The first-order valence-electron chi connectivity index (χ1n) is 26.2. The summed E-state index contributed by atoms with van der Waals surface area (Å²) in [6, 6.07) is 27.1. The summed E-state index contributed by atoms with van der Waals surface area (Å²) >= 11 is 0. The minimum atomic E-state index is -1.10. The Labute approximate surface area is 441 Å². The number of ether oxygens (including phenoxy) is 4. The van der Waals surface area contributed by atoms with E-state index < -0.39 is 53.5 Å². The number of amides is 4. The van der Waals surface area contributed by atoms with Crippen molar-refractivity contribution in [2.24, 2.45) is 17.8 Å². The van der Waals surface area contributed by atoms with Crippen LogP contribution in [0.5, 0.6) is 11.5 Å². The quantitative estimate of drug-likeness (QED) is 0.0164. The van der Waals surface area contributed by atoms with Gasteiger partial charge in [0.15, 0.2) is 23.8 Å². The van der Waals surface area contributed by atoms with Gasteiger partial charge in [0.1, 0.15) is 56.3 Å². The lowest BCUT2D eigenvalue weighted by molar-refractivity contribution is -0.940. The lowest BCUT2D eigenvalue weighted by Gasteiger charge is -2.41. The Hall–Kier alpha value is -6.75. The molecule has 16 nitrogen and oxygen atoms in total. The number of benzene rings is 4. The average molecular weight is 1030 g/mol. The van der Waals surface area contributed by atoms with E-state index in [4.69, 9.17) is 18.9 Å². The number of esters is 1. The summed E-state index contributed by atoms with van der Waals surface area (Å²) in [5.41, 5.74) is 2.92. The zero-order valence-corrected chi connectivity index (χ0v) is 44.6. The molecule has 0 aromatic heterocycles. The van der Waals surface area contributed by atoms with Crippen molar-refractivity contribution in [2.75, 3.05) is 39.5 Å². The van der Waals surface area contributed by atoms with E-state index in [9.17, 15) is 33.6 Å². The zero-order valence-electron chi connectivity index (χ0n) is 44.6. The molecule has 4 unspecified atom stereocenters. The minimum Gasteiger partial charge on any atom is -0.485 e. The Bertz CT molecular complexity index is 2560.